The minimum absolute atomic E-state index is 0.0100. The number of pyridine rings is 1. The van der Waals surface area contributed by atoms with E-state index in [2.05, 4.69) is 15.4 Å². The van der Waals surface area contributed by atoms with Crippen molar-refractivity contribution in [3.8, 4) is 0 Å². The van der Waals surface area contributed by atoms with E-state index in [0.717, 1.165) is 16.9 Å². The van der Waals surface area contributed by atoms with E-state index in [0.29, 0.717) is 12.8 Å². The lowest BCUT2D eigenvalue weighted by atomic mass is 9.35. The molecule has 4 fully saturated rings. The molecule has 2 aromatic rings. The van der Waals surface area contributed by atoms with Crippen LogP contribution in [0.25, 0.3) is 0 Å². The number of halogens is 6. The van der Waals surface area contributed by atoms with Crippen molar-refractivity contribution < 1.29 is 35.9 Å². The van der Waals surface area contributed by atoms with Crippen molar-refractivity contribution in [3.05, 3.63) is 41.0 Å². The summed E-state index contributed by atoms with van der Waals surface area (Å²) in [5.74, 6) is -2.48. The third kappa shape index (κ3) is 3.52. The number of hydrogen-bond acceptors (Lipinski definition) is 4. The fraction of sp³-hybridized carbons (Fsp3) is 0.524. The van der Waals surface area contributed by atoms with Crippen molar-refractivity contribution in [3.63, 3.8) is 0 Å². The second kappa shape index (κ2) is 6.95. The van der Waals surface area contributed by atoms with Gasteiger partial charge in [0.2, 0.25) is 0 Å². The standard InChI is InChI=1S/C21H19F6N5O2/c22-20(23,24)13-14(10-1-2-10)31-32(9-18-6-19(7-18,8-18)21(25,26)27)15(13)17(34)30-11-3-4-29-12(5-11)16(28)33/h3-5,10H,1-2,6-9H2,(H2,28,33)(H,29,30,34). The van der Waals surface area contributed by atoms with Gasteiger partial charge in [-0.05, 0) is 49.7 Å². The number of primary amides is 1. The van der Waals surface area contributed by atoms with Crippen LogP contribution in [0.15, 0.2) is 18.3 Å². The third-order valence-corrected chi connectivity index (χ3v) is 6.94. The molecule has 2 heterocycles. The number of hydrogen-bond donors (Lipinski definition) is 2. The first-order valence-corrected chi connectivity index (χ1v) is 10.6. The number of nitrogens with zero attached hydrogens (tertiary/aromatic N) is 3. The van der Waals surface area contributed by atoms with Crippen LogP contribution >= 0.6 is 0 Å². The summed E-state index contributed by atoms with van der Waals surface area (Å²) in [5, 5.41) is 6.41. The summed E-state index contributed by atoms with van der Waals surface area (Å²) >= 11 is 0. The zero-order valence-electron chi connectivity index (χ0n) is 17.6. The van der Waals surface area contributed by atoms with Crippen molar-refractivity contribution >= 4 is 17.5 Å². The number of rotatable bonds is 6. The van der Waals surface area contributed by atoms with Gasteiger partial charge in [-0.3, -0.25) is 19.3 Å². The normalized spacial score (nSPS) is 25.9. The van der Waals surface area contributed by atoms with E-state index in [9.17, 15) is 35.9 Å². The molecule has 182 valence electrons. The molecule has 7 nitrogen and oxygen atoms in total. The fourth-order valence-electron chi connectivity index (χ4n) is 5.37. The molecule has 6 rings (SSSR count). The van der Waals surface area contributed by atoms with Gasteiger partial charge in [-0.15, -0.1) is 0 Å². The van der Waals surface area contributed by atoms with Crippen molar-refractivity contribution in [1.29, 1.82) is 0 Å². The Morgan fingerprint density at radius 2 is 1.79 bits per heavy atom. The highest BCUT2D eigenvalue weighted by molar-refractivity contribution is 6.05. The number of amides is 2. The average molecular weight is 487 g/mol. The summed E-state index contributed by atoms with van der Waals surface area (Å²) in [7, 11) is 0. The zero-order chi connectivity index (χ0) is 24.7. The first-order valence-electron chi connectivity index (χ1n) is 10.6. The summed E-state index contributed by atoms with van der Waals surface area (Å²) in [5.41, 5.74) is 0.137. The molecule has 0 atom stereocenters. The van der Waals surface area contributed by atoms with Crippen molar-refractivity contribution in [2.45, 2.75) is 56.9 Å². The van der Waals surface area contributed by atoms with Crippen LogP contribution in [0, 0.1) is 10.8 Å². The maximum absolute atomic E-state index is 14.1. The molecular weight excluding hydrogens is 468 g/mol. The molecule has 34 heavy (non-hydrogen) atoms. The van der Waals surface area contributed by atoms with Crippen LogP contribution in [0.2, 0.25) is 0 Å². The number of anilines is 1. The molecule has 0 unspecified atom stereocenters. The molecule has 2 aromatic heterocycles. The smallest absolute Gasteiger partial charge is 0.364 e. The molecule has 3 N–H and O–H groups in total. The first-order chi connectivity index (χ1) is 15.7. The van der Waals surface area contributed by atoms with Crippen LogP contribution in [-0.2, 0) is 12.7 Å². The molecule has 4 aliphatic rings. The summed E-state index contributed by atoms with van der Waals surface area (Å²) in [6.07, 6.45) is -7.73. The molecule has 0 saturated heterocycles. The summed E-state index contributed by atoms with van der Waals surface area (Å²) in [6.45, 7) is -0.216. The van der Waals surface area contributed by atoms with Crippen molar-refractivity contribution in [2.75, 3.05) is 5.32 Å². The maximum atomic E-state index is 14.1. The van der Waals surface area contributed by atoms with Gasteiger partial charge in [0.25, 0.3) is 11.8 Å². The van der Waals surface area contributed by atoms with Gasteiger partial charge in [-0.1, -0.05) is 0 Å². The Balaban J connectivity index is 1.50. The van der Waals surface area contributed by atoms with Crippen LogP contribution in [0.4, 0.5) is 32.0 Å². The van der Waals surface area contributed by atoms with E-state index >= 15 is 0 Å². The van der Waals surface area contributed by atoms with E-state index in [4.69, 9.17) is 5.73 Å². The molecule has 0 spiro atoms. The molecule has 2 amide bonds. The molecule has 2 bridgehead atoms. The zero-order valence-corrected chi connectivity index (χ0v) is 17.6. The van der Waals surface area contributed by atoms with Gasteiger partial charge in [0.1, 0.15) is 17.0 Å². The number of aromatic nitrogens is 3. The van der Waals surface area contributed by atoms with E-state index < -0.39 is 52.2 Å². The number of alkyl halides is 6. The number of nitrogens with two attached hydrogens (primary N) is 1. The Labute approximate surface area is 188 Å². The Morgan fingerprint density at radius 3 is 2.32 bits per heavy atom. The number of carbonyl (C=O) groups is 2. The average Bonchev–Trinajstić information content (AvgIpc) is 3.42. The Hall–Kier alpha value is -3.12. The van der Waals surface area contributed by atoms with E-state index in [1.165, 1.54) is 6.07 Å². The molecule has 0 aromatic carbocycles. The highest BCUT2D eigenvalue weighted by atomic mass is 19.4. The summed E-state index contributed by atoms with van der Waals surface area (Å²) in [4.78, 5) is 28.1. The summed E-state index contributed by atoms with van der Waals surface area (Å²) < 4.78 is 82.9. The topological polar surface area (TPSA) is 103 Å². The quantitative estimate of drug-likeness (QED) is 0.595. The van der Waals surface area contributed by atoms with Crippen LogP contribution < -0.4 is 11.1 Å². The second-order valence-electron chi connectivity index (χ2n) is 9.60. The highest BCUT2D eigenvalue weighted by Gasteiger charge is 2.78. The van der Waals surface area contributed by atoms with Crippen LogP contribution in [0.1, 0.15) is 70.3 Å². The van der Waals surface area contributed by atoms with Gasteiger partial charge in [-0.2, -0.15) is 31.4 Å². The molecule has 4 saturated carbocycles. The molecular formula is C21H19F6N5O2. The van der Waals surface area contributed by atoms with Crippen LogP contribution in [-0.4, -0.2) is 32.8 Å². The fourth-order valence-corrected chi connectivity index (χ4v) is 5.37. The van der Waals surface area contributed by atoms with Crippen molar-refractivity contribution in [1.82, 2.24) is 14.8 Å². The molecule has 13 heteroatoms. The van der Waals surface area contributed by atoms with Gasteiger partial charge in [0.15, 0.2) is 0 Å². The Bertz CT molecular complexity index is 1180. The van der Waals surface area contributed by atoms with Gasteiger partial charge in [-0.25, -0.2) is 0 Å². The molecule has 4 aliphatic carbocycles. The SMILES string of the molecule is NC(=O)c1cc(NC(=O)c2c(C(F)(F)F)c(C3CC3)nn2CC23CC(C(F)(F)F)(C2)C3)ccn1. The Morgan fingerprint density at radius 1 is 1.15 bits per heavy atom. The third-order valence-electron chi connectivity index (χ3n) is 6.94. The van der Waals surface area contributed by atoms with E-state index in [1.54, 1.807) is 0 Å². The maximum Gasteiger partial charge on any atom is 0.420 e. The lowest BCUT2D eigenvalue weighted by Gasteiger charge is -2.70. The molecule has 0 aliphatic heterocycles. The summed E-state index contributed by atoms with van der Waals surface area (Å²) in [6, 6.07) is 2.39. The van der Waals surface area contributed by atoms with E-state index in [1.807, 2.05) is 0 Å². The van der Waals surface area contributed by atoms with Crippen LogP contribution in [0.5, 0.6) is 0 Å². The minimum atomic E-state index is -4.90. The van der Waals surface area contributed by atoms with Crippen molar-refractivity contribution in [2.24, 2.45) is 16.6 Å². The van der Waals surface area contributed by atoms with Gasteiger partial charge >= 0.3 is 12.4 Å². The molecule has 0 radical (unpaired) electrons. The Kier molecular flexibility index (Phi) is 4.63. The minimum Gasteiger partial charge on any atom is -0.364 e. The lowest BCUT2D eigenvalue weighted by molar-refractivity contribution is -0.366. The van der Waals surface area contributed by atoms with Gasteiger partial charge in [0.05, 0.1) is 11.1 Å². The largest absolute Gasteiger partial charge is 0.420 e. The van der Waals surface area contributed by atoms with Gasteiger partial charge in [0, 0.05) is 24.3 Å². The van der Waals surface area contributed by atoms with Gasteiger partial charge < -0.3 is 11.1 Å². The second-order valence-corrected chi connectivity index (χ2v) is 9.60. The highest BCUT2D eigenvalue weighted by Crippen LogP contribution is 2.79. The predicted octanol–water partition coefficient (Wildman–Crippen LogP) is 4.26. The number of carbonyl (C=O) groups excluding carboxylic acids is 2. The number of nitrogens with one attached hydrogen (secondary N) is 1. The van der Waals surface area contributed by atoms with E-state index in [-0.39, 0.29) is 42.9 Å². The predicted molar refractivity (Wildman–Crippen MR) is 105 cm³/mol. The lowest BCUT2D eigenvalue weighted by Crippen LogP contribution is -2.69. The van der Waals surface area contributed by atoms with Crippen LogP contribution in [0.3, 0.4) is 0 Å². The monoisotopic (exact) mass is 487 g/mol. The first kappa shape index (κ1) is 22.7.